The molecule has 0 aliphatic rings. The lowest BCUT2D eigenvalue weighted by Crippen LogP contribution is -2.53. The van der Waals surface area contributed by atoms with E-state index in [-0.39, 0.29) is 25.3 Å². The van der Waals surface area contributed by atoms with E-state index < -0.39 is 35.6 Å². The normalized spacial score (nSPS) is 12.7. The van der Waals surface area contributed by atoms with Gasteiger partial charge in [0.15, 0.2) is 0 Å². The van der Waals surface area contributed by atoms with Crippen LogP contribution in [0.25, 0.3) is 0 Å². The average Bonchev–Trinajstić information content (AvgIpc) is 2.76. The van der Waals surface area contributed by atoms with E-state index in [1.54, 1.807) is 20.8 Å². The van der Waals surface area contributed by atoms with Crippen LogP contribution in [0.4, 0.5) is 4.79 Å². The molecule has 9 heteroatoms. The fraction of sp³-hybridized carbons (Fsp3) is 0.556. The second-order valence-electron chi connectivity index (χ2n) is 9.84. The zero-order chi connectivity index (χ0) is 27.5. The Morgan fingerprint density at radius 2 is 1.78 bits per heavy atom. The summed E-state index contributed by atoms with van der Waals surface area (Å²) >= 11 is 0. The minimum absolute atomic E-state index is 0.0432. The summed E-state index contributed by atoms with van der Waals surface area (Å²) in [5.74, 6) is -1.49. The molecule has 1 rings (SSSR count). The van der Waals surface area contributed by atoms with Crippen LogP contribution in [-0.4, -0.2) is 53.4 Å². The molecule has 4 amide bonds. The lowest BCUT2D eigenvalue weighted by Gasteiger charge is -2.35. The molecule has 0 aromatic heterocycles. The van der Waals surface area contributed by atoms with Gasteiger partial charge >= 0.3 is 6.09 Å². The summed E-state index contributed by atoms with van der Waals surface area (Å²) in [6.07, 6.45) is 2.24. The molecule has 2 unspecified atom stereocenters. The molecule has 4 N–H and O–H groups in total. The number of nitrogens with one attached hydrogen (secondary N) is 2. The number of aryl methyl sites for hydroxylation is 2. The highest BCUT2D eigenvalue weighted by atomic mass is 16.6. The van der Waals surface area contributed by atoms with Crippen molar-refractivity contribution in [2.75, 3.05) is 13.1 Å². The summed E-state index contributed by atoms with van der Waals surface area (Å²) in [6, 6.07) is 3.55. The van der Waals surface area contributed by atoms with E-state index in [2.05, 4.69) is 17.2 Å². The zero-order valence-electron chi connectivity index (χ0n) is 22.5. The van der Waals surface area contributed by atoms with E-state index in [1.165, 1.54) is 11.0 Å². The number of carbonyl (C=O) groups is 4. The van der Waals surface area contributed by atoms with Gasteiger partial charge in [-0.2, -0.15) is 0 Å². The Balaban J connectivity index is 3.50. The summed E-state index contributed by atoms with van der Waals surface area (Å²) in [6.45, 7) is 15.2. The molecule has 0 aliphatic carbocycles. The second kappa shape index (κ2) is 14.3. The maximum absolute atomic E-state index is 13.9. The number of amides is 4. The lowest BCUT2D eigenvalue weighted by molar-refractivity contribution is -0.142. The molecule has 0 saturated carbocycles. The van der Waals surface area contributed by atoms with E-state index in [1.807, 2.05) is 39.0 Å². The molecule has 0 aliphatic heterocycles. The van der Waals surface area contributed by atoms with Gasteiger partial charge in [0.2, 0.25) is 17.7 Å². The average molecular weight is 503 g/mol. The van der Waals surface area contributed by atoms with Crippen LogP contribution in [0, 0.1) is 13.8 Å². The molecule has 36 heavy (non-hydrogen) atoms. The standard InChI is InChI=1S/C27H42N4O5/c1-8-10-16-29-24(33)23(22-18(3)12-11-13-19(22)4)31(17-9-2)25(34)20(14-15-21(28)32)30-26(35)36-27(5,6)7/h9,11-13,20,23H,2,8,10,14-17H2,1,3-7H3,(H2,28,32)(H,29,33)(H,30,35). The third kappa shape index (κ3) is 9.71. The minimum atomic E-state index is -1.14. The predicted octanol–water partition coefficient (Wildman–Crippen LogP) is 3.43. The second-order valence-corrected chi connectivity index (χ2v) is 9.84. The lowest BCUT2D eigenvalue weighted by atomic mass is 9.93. The first kappa shape index (κ1) is 30.7. The number of unbranched alkanes of at least 4 members (excludes halogenated alkanes) is 1. The first-order valence-electron chi connectivity index (χ1n) is 12.3. The number of primary amides is 1. The molecule has 0 fully saturated rings. The van der Waals surface area contributed by atoms with Gasteiger partial charge in [0.05, 0.1) is 0 Å². The highest BCUT2D eigenvalue weighted by Crippen LogP contribution is 2.29. The number of carbonyl (C=O) groups excluding carboxylic acids is 4. The van der Waals surface area contributed by atoms with E-state index >= 15 is 0 Å². The maximum atomic E-state index is 13.9. The Morgan fingerprint density at radius 3 is 2.28 bits per heavy atom. The van der Waals surface area contributed by atoms with Gasteiger partial charge in [0.1, 0.15) is 17.7 Å². The van der Waals surface area contributed by atoms with Gasteiger partial charge in [0, 0.05) is 19.5 Å². The van der Waals surface area contributed by atoms with E-state index in [4.69, 9.17) is 10.5 Å². The summed E-state index contributed by atoms with van der Waals surface area (Å²) < 4.78 is 5.32. The zero-order valence-corrected chi connectivity index (χ0v) is 22.5. The number of nitrogens with zero attached hydrogens (tertiary/aromatic N) is 1. The Labute approximate surface area is 214 Å². The largest absolute Gasteiger partial charge is 0.444 e. The molecular formula is C27H42N4O5. The number of hydrogen-bond acceptors (Lipinski definition) is 5. The van der Waals surface area contributed by atoms with Gasteiger partial charge in [-0.05, 0) is 64.2 Å². The van der Waals surface area contributed by atoms with E-state index in [9.17, 15) is 19.2 Å². The van der Waals surface area contributed by atoms with Gasteiger partial charge in [-0.1, -0.05) is 37.6 Å². The summed E-state index contributed by atoms with van der Waals surface area (Å²) in [7, 11) is 0. The van der Waals surface area contributed by atoms with Crippen molar-refractivity contribution in [2.45, 2.75) is 84.9 Å². The number of alkyl carbamates (subject to hydrolysis) is 1. The van der Waals surface area contributed by atoms with Crippen molar-refractivity contribution in [3.8, 4) is 0 Å². The highest BCUT2D eigenvalue weighted by molar-refractivity contribution is 5.93. The van der Waals surface area contributed by atoms with Crippen LogP contribution in [-0.2, 0) is 19.1 Å². The van der Waals surface area contributed by atoms with Crippen LogP contribution in [0.15, 0.2) is 30.9 Å². The quantitative estimate of drug-likeness (QED) is 0.281. The molecule has 200 valence electrons. The first-order chi connectivity index (χ1) is 16.8. The van der Waals surface area contributed by atoms with Crippen LogP contribution >= 0.6 is 0 Å². The molecule has 0 heterocycles. The Bertz CT molecular complexity index is 918. The molecule has 2 atom stereocenters. The molecule has 0 radical (unpaired) electrons. The molecule has 0 saturated heterocycles. The van der Waals surface area contributed by atoms with Gasteiger partial charge < -0.3 is 26.0 Å². The third-order valence-corrected chi connectivity index (χ3v) is 5.48. The number of ether oxygens (including phenoxy) is 1. The van der Waals surface area contributed by atoms with Crippen LogP contribution in [0.2, 0.25) is 0 Å². The molecule has 1 aromatic carbocycles. The van der Waals surface area contributed by atoms with Crippen molar-refractivity contribution in [3.05, 3.63) is 47.5 Å². The fourth-order valence-electron chi connectivity index (χ4n) is 3.83. The minimum Gasteiger partial charge on any atom is -0.444 e. The van der Waals surface area contributed by atoms with Gasteiger partial charge in [0.25, 0.3) is 0 Å². The van der Waals surface area contributed by atoms with E-state index in [0.717, 1.165) is 24.0 Å². The SMILES string of the molecule is C=CCN(C(=O)C(CCC(N)=O)NC(=O)OC(C)(C)C)C(C(=O)NCCCC)c1c(C)cccc1C. The van der Waals surface area contributed by atoms with Crippen LogP contribution in [0.3, 0.4) is 0 Å². The number of benzene rings is 1. The van der Waals surface area contributed by atoms with Crippen molar-refractivity contribution < 1.29 is 23.9 Å². The van der Waals surface area contributed by atoms with Crippen molar-refractivity contribution in [3.63, 3.8) is 0 Å². The molecular weight excluding hydrogens is 460 g/mol. The van der Waals surface area contributed by atoms with Gasteiger partial charge in [-0.25, -0.2) is 4.79 Å². The Hall–Kier alpha value is -3.36. The smallest absolute Gasteiger partial charge is 0.408 e. The van der Waals surface area contributed by atoms with Crippen molar-refractivity contribution in [2.24, 2.45) is 5.73 Å². The maximum Gasteiger partial charge on any atom is 0.408 e. The summed E-state index contributed by atoms with van der Waals surface area (Å²) in [5.41, 5.74) is 6.94. The highest BCUT2D eigenvalue weighted by Gasteiger charge is 2.37. The Kier molecular flexibility index (Phi) is 12.1. The van der Waals surface area contributed by atoms with Gasteiger partial charge in [-0.3, -0.25) is 14.4 Å². The first-order valence-corrected chi connectivity index (χ1v) is 12.3. The summed E-state index contributed by atoms with van der Waals surface area (Å²) in [5, 5.41) is 5.51. The molecule has 0 spiro atoms. The van der Waals surface area contributed by atoms with Crippen LogP contribution in [0.1, 0.15) is 76.1 Å². The summed E-state index contributed by atoms with van der Waals surface area (Å²) in [4.78, 5) is 52.8. The predicted molar refractivity (Wildman–Crippen MR) is 140 cm³/mol. The molecule has 0 bridgehead atoms. The number of nitrogens with two attached hydrogens (primary N) is 1. The molecule has 1 aromatic rings. The van der Waals surface area contributed by atoms with Crippen molar-refractivity contribution in [1.82, 2.24) is 15.5 Å². The monoisotopic (exact) mass is 502 g/mol. The fourth-order valence-corrected chi connectivity index (χ4v) is 3.83. The number of hydrogen-bond donors (Lipinski definition) is 3. The van der Waals surface area contributed by atoms with Crippen molar-refractivity contribution in [1.29, 1.82) is 0 Å². The van der Waals surface area contributed by atoms with Crippen LogP contribution < -0.4 is 16.4 Å². The topological polar surface area (TPSA) is 131 Å². The van der Waals surface area contributed by atoms with Crippen molar-refractivity contribution >= 4 is 23.8 Å². The molecule has 9 nitrogen and oxygen atoms in total. The van der Waals surface area contributed by atoms with Gasteiger partial charge in [-0.15, -0.1) is 6.58 Å². The number of rotatable bonds is 13. The Morgan fingerprint density at radius 1 is 1.17 bits per heavy atom. The van der Waals surface area contributed by atoms with Crippen LogP contribution in [0.5, 0.6) is 0 Å². The third-order valence-electron chi connectivity index (χ3n) is 5.48. The van der Waals surface area contributed by atoms with E-state index in [0.29, 0.717) is 12.1 Å².